The van der Waals surface area contributed by atoms with E-state index in [1.54, 1.807) is 0 Å². The number of hydrogen-bond acceptors (Lipinski definition) is 2. The Morgan fingerprint density at radius 3 is 2.33 bits per heavy atom. The molecule has 1 saturated carbocycles. The molecule has 0 aromatic carbocycles. The van der Waals surface area contributed by atoms with Crippen LogP contribution >= 0.6 is 0 Å². The molecule has 92 valence electrons. The molecule has 0 spiro atoms. The monoisotopic (exact) mass is 215 g/mol. The standard InChI is InChI=1S/C10H21N.C3H8O/c1-8(2)7-9-5-4-6-10(9)11-3;1-2-3-4/h8-11H,4-7H2,1-3H3;4H,2-3H2,1H3. The summed E-state index contributed by atoms with van der Waals surface area (Å²) in [7, 11) is 2.10. The second-order valence-corrected chi connectivity index (χ2v) is 4.94. The van der Waals surface area contributed by atoms with E-state index in [-0.39, 0.29) is 0 Å². The highest BCUT2D eigenvalue weighted by Crippen LogP contribution is 2.30. The van der Waals surface area contributed by atoms with Gasteiger partial charge in [0.05, 0.1) is 0 Å². The third-order valence-corrected chi connectivity index (χ3v) is 3.03. The van der Waals surface area contributed by atoms with Gasteiger partial charge >= 0.3 is 0 Å². The first-order valence-corrected chi connectivity index (χ1v) is 6.43. The van der Waals surface area contributed by atoms with Gasteiger partial charge in [0.1, 0.15) is 0 Å². The molecule has 0 aliphatic heterocycles. The van der Waals surface area contributed by atoms with Crippen LogP contribution in [0.25, 0.3) is 0 Å². The Kier molecular flexibility index (Phi) is 9.12. The maximum Gasteiger partial charge on any atom is 0.0428 e. The summed E-state index contributed by atoms with van der Waals surface area (Å²) in [6, 6.07) is 0.817. The van der Waals surface area contributed by atoms with Crippen molar-refractivity contribution < 1.29 is 5.11 Å². The van der Waals surface area contributed by atoms with E-state index in [1.807, 2.05) is 6.92 Å². The molecule has 0 heterocycles. The lowest BCUT2D eigenvalue weighted by Crippen LogP contribution is -2.29. The van der Waals surface area contributed by atoms with Crippen LogP contribution in [0.1, 0.15) is 52.9 Å². The van der Waals surface area contributed by atoms with Crippen molar-refractivity contribution in [3.63, 3.8) is 0 Å². The first kappa shape index (κ1) is 14.9. The van der Waals surface area contributed by atoms with Gasteiger partial charge in [-0.3, -0.25) is 0 Å². The Morgan fingerprint density at radius 2 is 1.93 bits per heavy atom. The predicted octanol–water partition coefficient (Wildman–Crippen LogP) is 2.81. The normalized spacial score (nSPS) is 25.2. The van der Waals surface area contributed by atoms with E-state index in [2.05, 4.69) is 26.2 Å². The van der Waals surface area contributed by atoms with Crippen LogP contribution in [-0.2, 0) is 0 Å². The molecule has 1 fully saturated rings. The first-order chi connectivity index (χ1) is 7.15. The summed E-state index contributed by atoms with van der Waals surface area (Å²) in [6.45, 7) is 6.90. The van der Waals surface area contributed by atoms with Gasteiger partial charge < -0.3 is 10.4 Å². The molecule has 0 aromatic heterocycles. The number of aliphatic hydroxyl groups excluding tert-OH is 1. The van der Waals surface area contributed by atoms with E-state index < -0.39 is 0 Å². The van der Waals surface area contributed by atoms with E-state index in [0.717, 1.165) is 24.3 Å². The molecule has 0 radical (unpaired) electrons. The van der Waals surface area contributed by atoms with E-state index in [1.165, 1.54) is 25.7 Å². The van der Waals surface area contributed by atoms with Gasteiger partial charge in [-0.1, -0.05) is 27.2 Å². The fourth-order valence-electron chi connectivity index (χ4n) is 2.30. The van der Waals surface area contributed by atoms with E-state index in [4.69, 9.17) is 5.11 Å². The lowest BCUT2D eigenvalue weighted by Gasteiger charge is -2.20. The molecule has 2 nitrogen and oxygen atoms in total. The van der Waals surface area contributed by atoms with Gasteiger partial charge in [0.25, 0.3) is 0 Å². The first-order valence-electron chi connectivity index (χ1n) is 6.43. The minimum atomic E-state index is 0.319. The largest absolute Gasteiger partial charge is 0.396 e. The van der Waals surface area contributed by atoms with Gasteiger partial charge in [-0.25, -0.2) is 0 Å². The van der Waals surface area contributed by atoms with E-state index >= 15 is 0 Å². The molecular formula is C13H29NO. The maximum absolute atomic E-state index is 7.88. The fourth-order valence-corrected chi connectivity index (χ4v) is 2.30. The third kappa shape index (κ3) is 6.91. The van der Waals surface area contributed by atoms with Crippen molar-refractivity contribution in [2.24, 2.45) is 11.8 Å². The van der Waals surface area contributed by atoms with Gasteiger partial charge in [-0.05, 0) is 44.6 Å². The third-order valence-electron chi connectivity index (χ3n) is 3.03. The lowest BCUT2D eigenvalue weighted by atomic mass is 9.93. The Bertz CT molecular complexity index is 134. The predicted molar refractivity (Wildman–Crippen MR) is 67.0 cm³/mol. The molecule has 15 heavy (non-hydrogen) atoms. The zero-order chi connectivity index (χ0) is 11.7. The summed E-state index contributed by atoms with van der Waals surface area (Å²) in [6.07, 6.45) is 6.56. The van der Waals surface area contributed by atoms with Crippen molar-refractivity contribution in [3.05, 3.63) is 0 Å². The Morgan fingerprint density at radius 1 is 1.33 bits per heavy atom. The minimum absolute atomic E-state index is 0.319. The van der Waals surface area contributed by atoms with Crippen molar-refractivity contribution in [3.8, 4) is 0 Å². The number of hydrogen-bond donors (Lipinski definition) is 2. The van der Waals surface area contributed by atoms with Crippen LogP contribution in [0.5, 0.6) is 0 Å². The molecule has 2 heteroatoms. The molecule has 0 bridgehead atoms. The molecule has 1 rings (SSSR count). The van der Waals surface area contributed by atoms with Gasteiger partial charge in [0, 0.05) is 12.6 Å². The van der Waals surface area contributed by atoms with E-state index in [0.29, 0.717) is 6.61 Å². The molecule has 2 unspecified atom stereocenters. The molecule has 0 amide bonds. The summed E-state index contributed by atoms with van der Waals surface area (Å²) >= 11 is 0. The number of rotatable bonds is 4. The van der Waals surface area contributed by atoms with Crippen molar-refractivity contribution in [2.75, 3.05) is 13.7 Å². The Labute approximate surface area is 95.5 Å². The number of nitrogens with one attached hydrogen (secondary N) is 1. The van der Waals surface area contributed by atoms with Crippen LogP contribution in [0, 0.1) is 11.8 Å². The smallest absolute Gasteiger partial charge is 0.0428 e. The van der Waals surface area contributed by atoms with Gasteiger partial charge in [0.15, 0.2) is 0 Å². The topological polar surface area (TPSA) is 32.3 Å². The summed E-state index contributed by atoms with van der Waals surface area (Å²) in [5, 5.41) is 11.3. The lowest BCUT2D eigenvalue weighted by molar-refractivity contribution is 0.295. The van der Waals surface area contributed by atoms with Crippen LogP contribution in [0.15, 0.2) is 0 Å². The summed E-state index contributed by atoms with van der Waals surface area (Å²) in [4.78, 5) is 0. The van der Waals surface area contributed by atoms with Crippen LogP contribution < -0.4 is 5.32 Å². The maximum atomic E-state index is 7.88. The summed E-state index contributed by atoms with van der Waals surface area (Å²) in [5.74, 6) is 1.83. The van der Waals surface area contributed by atoms with Crippen molar-refractivity contribution in [1.29, 1.82) is 0 Å². The van der Waals surface area contributed by atoms with Crippen LogP contribution in [0.2, 0.25) is 0 Å². The van der Waals surface area contributed by atoms with Crippen molar-refractivity contribution >= 4 is 0 Å². The van der Waals surface area contributed by atoms with Crippen LogP contribution in [0.4, 0.5) is 0 Å². The van der Waals surface area contributed by atoms with Gasteiger partial charge in [-0.2, -0.15) is 0 Å². The molecule has 1 aliphatic rings. The molecular weight excluding hydrogens is 186 g/mol. The van der Waals surface area contributed by atoms with E-state index in [9.17, 15) is 0 Å². The highest BCUT2D eigenvalue weighted by molar-refractivity contribution is 4.82. The number of aliphatic hydroxyl groups is 1. The summed E-state index contributed by atoms with van der Waals surface area (Å²) < 4.78 is 0. The quantitative estimate of drug-likeness (QED) is 0.756. The average Bonchev–Trinajstić information content (AvgIpc) is 2.64. The highest BCUT2D eigenvalue weighted by atomic mass is 16.2. The highest BCUT2D eigenvalue weighted by Gasteiger charge is 2.25. The van der Waals surface area contributed by atoms with Crippen LogP contribution in [0.3, 0.4) is 0 Å². The second kappa shape index (κ2) is 9.17. The van der Waals surface area contributed by atoms with Crippen molar-refractivity contribution in [1.82, 2.24) is 5.32 Å². The zero-order valence-corrected chi connectivity index (χ0v) is 10.9. The Hall–Kier alpha value is -0.0800. The van der Waals surface area contributed by atoms with Crippen LogP contribution in [-0.4, -0.2) is 24.8 Å². The zero-order valence-electron chi connectivity index (χ0n) is 10.9. The summed E-state index contributed by atoms with van der Waals surface area (Å²) in [5.41, 5.74) is 0. The molecule has 2 atom stereocenters. The Balaban J connectivity index is 0.000000423. The molecule has 0 saturated heterocycles. The molecule has 1 aliphatic carbocycles. The SMILES string of the molecule is CCCO.CNC1CCCC1CC(C)C. The minimum Gasteiger partial charge on any atom is -0.396 e. The molecule has 0 aromatic rings. The van der Waals surface area contributed by atoms with Gasteiger partial charge in [-0.15, -0.1) is 0 Å². The van der Waals surface area contributed by atoms with Gasteiger partial charge in [0.2, 0.25) is 0 Å². The molecule has 2 N–H and O–H groups in total. The average molecular weight is 215 g/mol. The fraction of sp³-hybridized carbons (Fsp3) is 1.00. The van der Waals surface area contributed by atoms with Crippen molar-refractivity contribution in [2.45, 2.75) is 58.9 Å². The second-order valence-electron chi connectivity index (χ2n) is 4.94.